The molecule has 1 atom stereocenters. The standard InChI is InChI=1S/C17H29N3/c1-13-10-15(3)16(11-14(13)2)17(12-19(4)5)20-8-6-18-7-9-20/h10-11,17-18H,6-9,12H2,1-5H3. The Morgan fingerprint density at radius 3 is 2.25 bits per heavy atom. The van der Waals surface area contributed by atoms with E-state index >= 15 is 0 Å². The van der Waals surface area contributed by atoms with Crippen molar-refractivity contribution in [2.24, 2.45) is 0 Å². The summed E-state index contributed by atoms with van der Waals surface area (Å²) in [5, 5.41) is 3.45. The third-order valence-electron chi connectivity index (χ3n) is 4.37. The van der Waals surface area contributed by atoms with Gasteiger partial charge in [-0.2, -0.15) is 0 Å². The number of nitrogens with one attached hydrogen (secondary N) is 1. The molecule has 112 valence electrons. The maximum Gasteiger partial charge on any atom is 0.0478 e. The molecule has 0 aromatic heterocycles. The van der Waals surface area contributed by atoms with Gasteiger partial charge in [-0.1, -0.05) is 12.1 Å². The minimum atomic E-state index is 0.506. The summed E-state index contributed by atoms with van der Waals surface area (Å²) in [5.41, 5.74) is 5.74. The fraction of sp³-hybridized carbons (Fsp3) is 0.647. The second kappa shape index (κ2) is 6.70. The molecule has 1 saturated heterocycles. The lowest BCUT2D eigenvalue weighted by atomic mass is 9.94. The van der Waals surface area contributed by atoms with Crippen LogP contribution in [0.25, 0.3) is 0 Å². The minimum absolute atomic E-state index is 0.506. The molecule has 0 bridgehead atoms. The van der Waals surface area contributed by atoms with Crippen LogP contribution in [0.5, 0.6) is 0 Å². The first kappa shape index (κ1) is 15.5. The summed E-state index contributed by atoms with van der Waals surface area (Å²) in [7, 11) is 4.34. The summed E-state index contributed by atoms with van der Waals surface area (Å²) in [5.74, 6) is 0. The molecule has 0 radical (unpaired) electrons. The first-order chi connectivity index (χ1) is 9.49. The van der Waals surface area contributed by atoms with Crippen LogP contribution in [-0.4, -0.2) is 56.6 Å². The van der Waals surface area contributed by atoms with Crippen molar-refractivity contribution in [3.05, 3.63) is 34.4 Å². The van der Waals surface area contributed by atoms with E-state index < -0.39 is 0 Å². The fourth-order valence-corrected chi connectivity index (χ4v) is 3.09. The van der Waals surface area contributed by atoms with Crippen LogP contribution in [0.4, 0.5) is 0 Å². The molecule has 1 aliphatic rings. The molecule has 1 aromatic carbocycles. The maximum absolute atomic E-state index is 3.45. The van der Waals surface area contributed by atoms with Gasteiger partial charge in [-0.15, -0.1) is 0 Å². The Morgan fingerprint density at radius 1 is 1.05 bits per heavy atom. The van der Waals surface area contributed by atoms with Crippen molar-refractivity contribution in [2.45, 2.75) is 26.8 Å². The molecular formula is C17H29N3. The third-order valence-corrected chi connectivity index (χ3v) is 4.37. The van der Waals surface area contributed by atoms with Gasteiger partial charge in [0.15, 0.2) is 0 Å². The molecule has 3 heteroatoms. The lowest BCUT2D eigenvalue weighted by molar-refractivity contribution is 0.144. The molecule has 0 amide bonds. The van der Waals surface area contributed by atoms with Gasteiger partial charge in [0.2, 0.25) is 0 Å². The van der Waals surface area contributed by atoms with E-state index in [0.29, 0.717) is 6.04 Å². The first-order valence-corrected chi connectivity index (χ1v) is 7.66. The smallest absolute Gasteiger partial charge is 0.0478 e. The topological polar surface area (TPSA) is 18.5 Å². The first-order valence-electron chi connectivity index (χ1n) is 7.66. The van der Waals surface area contributed by atoms with Crippen LogP contribution in [0.3, 0.4) is 0 Å². The maximum atomic E-state index is 3.45. The molecule has 0 spiro atoms. The summed E-state index contributed by atoms with van der Waals surface area (Å²) in [4.78, 5) is 4.94. The Kier molecular flexibility index (Phi) is 5.19. The van der Waals surface area contributed by atoms with Gasteiger partial charge in [0, 0.05) is 38.8 Å². The minimum Gasteiger partial charge on any atom is -0.314 e. The van der Waals surface area contributed by atoms with E-state index in [1.165, 1.54) is 22.3 Å². The summed E-state index contributed by atoms with van der Waals surface area (Å²) >= 11 is 0. The van der Waals surface area contributed by atoms with Crippen LogP contribution < -0.4 is 5.32 Å². The van der Waals surface area contributed by atoms with Crippen LogP contribution in [-0.2, 0) is 0 Å². The van der Waals surface area contributed by atoms with Gasteiger partial charge in [-0.3, -0.25) is 4.90 Å². The Balaban J connectivity index is 2.32. The van der Waals surface area contributed by atoms with Crippen molar-refractivity contribution in [3.63, 3.8) is 0 Å². The highest BCUT2D eigenvalue weighted by atomic mass is 15.2. The van der Waals surface area contributed by atoms with Gasteiger partial charge in [-0.05, 0) is 57.1 Å². The molecule has 1 unspecified atom stereocenters. The van der Waals surface area contributed by atoms with Crippen LogP contribution in [0.2, 0.25) is 0 Å². The fourth-order valence-electron chi connectivity index (χ4n) is 3.09. The van der Waals surface area contributed by atoms with Crippen molar-refractivity contribution in [1.29, 1.82) is 0 Å². The van der Waals surface area contributed by atoms with E-state index in [9.17, 15) is 0 Å². The molecule has 20 heavy (non-hydrogen) atoms. The lowest BCUT2D eigenvalue weighted by Gasteiger charge is -2.37. The Morgan fingerprint density at radius 2 is 1.65 bits per heavy atom. The zero-order valence-electron chi connectivity index (χ0n) is 13.7. The molecule has 1 fully saturated rings. The Hall–Kier alpha value is -0.900. The highest BCUT2D eigenvalue weighted by molar-refractivity contribution is 5.38. The quantitative estimate of drug-likeness (QED) is 0.908. The van der Waals surface area contributed by atoms with Gasteiger partial charge in [0.05, 0.1) is 0 Å². The summed E-state index contributed by atoms with van der Waals surface area (Å²) in [6.07, 6.45) is 0. The predicted molar refractivity (Wildman–Crippen MR) is 86.4 cm³/mol. The van der Waals surface area contributed by atoms with E-state index in [2.05, 4.69) is 62.1 Å². The largest absolute Gasteiger partial charge is 0.314 e. The molecular weight excluding hydrogens is 246 g/mol. The predicted octanol–water partition coefficient (Wildman–Crippen LogP) is 2.12. The van der Waals surface area contributed by atoms with E-state index in [1.54, 1.807) is 0 Å². The number of benzene rings is 1. The highest BCUT2D eigenvalue weighted by Crippen LogP contribution is 2.27. The van der Waals surface area contributed by atoms with Gasteiger partial charge in [-0.25, -0.2) is 0 Å². The van der Waals surface area contributed by atoms with Crippen molar-refractivity contribution in [3.8, 4) is 0 Å². The van der Waals surface area contributed by atoms with Crippen LogP contribution >= 0.6 is 0 Å². The van der Waals surface area contributed by atoms with Crippen LogP contribution in [0, 0.1) is 20.8 Å². The average Bonchev–Trinajstić information content (AvgIpc) is 2.41. The second-order valence-electron chi connectivity index (χ2n) is 6.36. The van der Waals surface area contributed by atoms with Crippen LogP contribution in [0.15, 0.2) is 12.1 Å². The molecule has 0 aliphatic carbocycles. The highest BCUT2D eigenvalue weighted by Gasteiger charge is 2.24. The number of rotatable bonds is 4. The monoisotopic (exact) mass is 275 g/mol. The third kappa shape index (κ3) is 3.60. The lowest BCUT2D eigenvalue weighted by Crippen LogP contribution is -2.47. The molecule has 1 aromatic rings. The summed E-state index contributed by atoms with van der Waals surface area (Å²) < 4.78 is 0. The Bertz CT molecular complexity index is 448. The number of hydrogen-bond donors (Lipinski definition) is 1. The zero-order valence-corrected chi connectivity index (χ0v) is 13.7. The summed E-state index contributed by atoms with van der Waals surface area (Å²) in [6, 6.07) is 5.25. The van der Waals surface area contributed by atoms with E-state index in [1.807, 2.05) is 0 Å². The average molecular weight is 275 g/mol. The second-order valence-corrected chi connectivity index (χ2v) is 6.36. The normalized spacial score (nSPS) is 18.5. The van der Waals surface area contributed by atoms with Crippen LogP contribution in [0.1, 0.15) is 28.3 Å². The van der Waals surface area contributed by atoms with E-state index in [0.717, 1.165) is 32.7 Å². The zero-order chi connectivity index (χ0) is 14.7. The van der Waals surface area contributed by atoms with Gasteiger partial charge in [0.1, 0.15) is 0 Å². The van der Waals surface area contributed by atoms with Gasteiger partial charge in [0.25, 0.3) is 0 Å². The number of likely N-dealkylation sites (N-methyl/N-ethyl adjacent to an activating group) is 1. The molecule has 2 rings (SSSR count). The molecule has 1 N–H and O–H groups in total. The SMILES string of the molecule is Cc1cc(C)c(C(CN(C)C)N2CCNCC2)cc1C. The number of nitrogens with zero attached hydrogens (tertiary/aromatic N) is 2. The van der Waals surface area contributed by atoms with Crippen molar-refractivity contribution in [1.82, 2.24) is 15.1 Å². The van der Waals surface area contributed by atoms with Crippen molar-refractivity contribution >= 4 is 0 Å². The number of hydrogen-bond acceptors (Lipinski definition) is 3. The molecule has 1 aliphatic heterocycles. The molecule has 0 saturated carbocycles. The van der Waals surface area contributed by atoms with E-state index in [-0.39, 0.29) is 0 Å². The molecule has 3 nitrogen and oxygen atoms in total. The number of piperazine rings is 1. The van der Waals surface area contributed by atoms with Gasteiger partial charge < -0.3 is 10.2 Å². The number of aryl methyl sites for hydroxylation is 3. The Labute approximate surface area is 124 Å². The summed E-state index contributed by atoms with van der Waals surface area (Å²) in [6.45, 7) is 12.3. The van der Waals surface area contributed by atoms with Crippen molar-refractivity contribution < 1.29 is 0 Å². The molecule has 1 heterocycles. The van der Waals surface area contributed by atoms with Gasteiger partial charge >= 0.3 is 0 Å². The van der Waals surface area contributed by atoms with Crippen molar-refractivity contribution in [2.75, 3.05) is 46.8 Å². The van der Waals surface area contributed by atoms with E-state index in [4.69, 9.17) is 0 Å².